The monoisotopic (exact) mass is 464 g/mol. The number of aryl methyl sites for hydroxylation is 3. The van der Waals surface area contributed by atoms with Crippen molar-refractivity contribution >= 4 is 32.7 Å². The molecule has 0 N–H and O–H groups in total. The Hall–Kier alpha value is -2.67. The largest absolute Gasteiger partial charge is 0.357 e. The first-order chi connectivity index (χ1) is 14.4. The molecule has 4 aromatic rings. The Bertz CT molecular complexity index is 1240. The standard InChI is InChI=1S/C23H25BrN6/c1-15-6-7-19(30-25-9-10-26-30)20(12-15)29-11-5-8-23(29,3)22-27-18-14-17(24)13-16(2)21(18)28(22)4/h6-7,9-10,12-14H,5,8,11H2,1-4H3/t23-/m0/s1. The number of fused-ring (bicyclic) bond motifs is 1. The molecule has 0 radical (unpaired) electrons. The van der Waals surface area contributed by atoms with Gasteiger partial charge in [-0.3, -0.25) is 0 Å². The zero-order chi connectivity index (χ0) is 21.0. The topological polar surface area (TPSA) is 51.8 Å². The number of nitrogens with zero attached hydrogens (tertiary/aromatic N) is 6. The fourth-order valence-corrected chi connectivity index (χ4v) is 5.52. The fourth-order valence-electron chi connectivity index (χ4n) is 4.96. The van der Waals surface area contributed by atoms with Gasteiger partial charge in [0.15, 0.2) is 0 Å². The second-order valence-corrected chi connectivity index (χ2v) is 9.34. The molecule has 1 fully saturated rings. The summed E-state index contributed by atoms with van der Waals surface area (Å²) in [5, 5.41) is 8.79. The molecule has 0 spiro atoms. The molecule has 2 aromatic heterocycles. The van der Waals surface area contributed by atoms with Crippen LogP contribution < -0.4 is 4.90 Å². The van der Waals surface area contributed by atoms with E-state index in [2.05, 4.69) is 93.7 Å². The van der Waals surface area contributed by atoms with Gasteiger partial charge in [-0.15, -0.1) is 4.80 Å². The Kier molecular flexibility index (Phi) is 4.47. The smallest absolute Gasteiger partial charge is 0.135 e. The average Bonchev–Trinajstić information content (AvgIpc) is 3.41. The summed E-state index contributed by atoms with van der Waals surface area (Å²) in [6.45, 7) is 7.57. The maximum Gasteiger partial charge on any atom is 0.135 e. The van der Waals surface area contributed by atoms with Crippen molar-refractivity contribution in [2.24, 2.45) is 7.05 Å². The van der Waals surface area contributed by atoms with Gasteiger partial charge in [-0.2, -0.15) is 10.2 Å². The van der Waals surface area contributed by atoms with Crippen molar-refractivity contribution in [1.82, 2.24) is 24.5 Å². The lowest BCUT2D eigenvalue weighted by molar-refractivity contribution is 0.447. The molecular weight excluding hydrogens is 440 g/mol. The molecule has 0 amide bonds. The summed E-state index contributed by atoms with van der Waals surface area (Å²) in [4.78, 5) is 9.33. The molecule has 2 aromatic carbocycles. The molecule has 7 heteroatoms. The molecular formula is C23H25BrN6. The average molecular weight is 465 g/mol. The molecule has 3 heterocycles. The first kappa shape index (κ1) is 19.3. The van der Waals surface area contributed by atoms with Crippen LogP contribution in [0.15, 0.2) is 47.2 Å². The Morgan fingerprint density at radius 2 is 1.80 bits per heavy atom. The summed E-state index contributed by atoms with van der Waals surface area (Å²) in [6, 6.07) is 10.7. The molecule has 1 aliphatic rings. The van der Waals surface area contributed by atoms with Crippen LogP contribution in [0.5, 0.6) is 0 Å². The van der Waals surface area contributed by atoms with E-state index < -0.39 is 0 Å². The minimum Gasteiger partial charge on any atom is -0.357 e. The summed E-state index contributed by atoms with van der Waals surface area (Å²) in [7, 11) is 2.14. The van der Waals surface area contributed by atoms with E-state index in [1.54, 1.807) is 17.2 Å². The Balaban J connectivity index is 1.70. The van der Waals surface area contributed by atoms with E-state index in [0.717, 1.165) is 46.6 Å². The maximum absolute atomic E-state index is 5.13. The normalized spacial score (nSPS) is 19.2. The molecule has 1 atom stereocenters. The molecule has 154 valence electrons. The van der Waals surface area contributed by atoms with Gasteiger partial charge in [-0.05, 0) is 69.0 Å². The highest BCUT2D eigenvalue weighted by Gasteiger charge is 2.43. The zero-order valence-electron chi connectivity index (χ0n) is 17.7. The maximum atomic E-state index is 5.13. The summed E-state index contributed by atoms with van der Waals surface area (Å²) >= 11 is 3.63. The van der Waals surface area contributed by atoms with E-state index >= 15 is 0 Å². The van der Waals surface area contributed by atoms with E-state index in [1.165, 1.54) is 16.6 Å². The lowest BCUT2D eigenvalue weighted by Crippen LogP contribution is -2.41. The molecule has 0 unspecified atom stereocenters. The second kappa shape index (κ2) is 6.94. The van der Waals surface area contributed by atoms with E-state index in [9.17, 15) is 0 Å². The molecule has 0 saturated carbocycles. The van der Waals surface area contributed by atoms with Crippen molar-refractivity contribution in [2.45, 2.75) is 39.2 Å². The van der Waals surface area contributed by atoms with Crippen LogP contribution in [0.25, 0.3) is 16.7 Å². The minimum atomic E-state index is -0.220. The summed E-state index contributed by atoms with van der Waals surface area (Å²) < 4.78 is 3.34. The predicted molar refractivity (Wildman–Crippen MR) is 123 cm³/mol. The van der Waals surface area contributed by atoms with Gasteiger partial charge in [0.2, 0.25) is 0 Å². The second-order valence-electron chi connectivity index (χ2n) is 8.42. The molecule has 1 saturated heterocycles. The van der Waals surface area contributed by atoms with Crippen molar-refractivity contribution in [3.63, 3.8) is 0 Å². The van der Waals surface area contributed by atoms with Gasteiger partial charge in [-0.25, -0.2) is 4.98 Å². The summed E-state index contributed by atoms with van der Waals surface area (Å²) in [6.07, 6.45) is 5.60. The van der Waals surface area contributed by atoms with Crippen LogP contribution in [-0.2, 0) is 12.6 Å². The SMILES string of the molecule is Cc1ccc(-n2nccn2)c(N2CCC[C@@]2(C)c2nc3cc(Br)cc(C)c3n2C)c1. The van der Waals surface area contributed by atoms with Crippen LogP contribution in [0.1, 0.15) is 36.7 Å². The van der Waals surface area contributed by atoms with Crippen molar-refractivity contribution in [2.75, 3.05) is 11.4 Å². The Labute approximate surface area is 184 Å². The van der Waals surface area contributed by atoms with E-state index in [1.807, 2.05) is 0 Å². The van der Waals surface area contributed by atoms with Gasteiger partial charge < -0.3 is 9.47 Å². The molecule has 0 aliphatic carbocycles. The highest BCUT2D eigenvalue weighted by Crippen LogP contribution is 2.44. The Morgan fingerprint density at radius 1 is 1.03 bits per heavy atom. The summed E-state index contributed by atoms with van der Waals surface area (Å²) in [5.74, 6) is 1.09. The number of aromatic nitrogens is 5. The van der Waals surface area contributed by atoms with E-state index in [-0.39, 0.29) is 5.54 Å². The third-order valence-corrected chi connectivity index (χ3v) is 6.76. The lowest BCUT2D eigenvalue weighted by Gasteiger charge is -2.37. The van der Waals surface area contributed by atoms with Crippen molar-refractivity contribution in [3.05, 3.63) is 64.1 Å². The molecule has 0 bridgehead atoms. The first-order valence-electron chi connectivity index (χ1n) is 10.3. The molecule has 1 aliphatic heterocycles. The number of hydrogen-bond donors (Lipinski definition) is 0. The van der Waals surface area contributed by atoms with Gasteiger partial charge in [-0.1, -0.05) is 22.0 Å². The van der Waals surface area contributed by atoms with Gasteiger partial charge in [0.25, 0.3) is 0 Å². The van der Waals surface area contributed by atoms with Crippen molar-refractivity contribution in [3.8, 4) is 5.69 Å². The number of anilines is 1. The van der Waals surface area contributed by atoms with Crippen LogP contribution in [-0.4, -0.2) is 31.1 Å². The minimum absolute atomic E-state index is 0.220. The third-order valence-electron chi connectivity index (χ3n) is 6.30. The number of benzene rings is 2. The fraction of sp³-hybridized carbons (Fsp3) is 0.348. The predicted octanol–water partition coefficient (Wildman–Crippen LogP) is 5.05. The van der Waals surface area contributed by atoms with Crippen molar-refractivity contribution < 1.29 is 0 Å². The van der Waals surface area contributed by atoms with E-state index in [4.69, 9.17) is 4.98 Å². The number of hydrogen-bond acceptors (Lipinski definition) is 4. The van der Waals surface area contributed by atoms with Gasteiger partial charge in [0.05, 0.1) is 34.7 Å². The first-order valence-corrected chi connectivity index (χ1v) is 11.1. The van der Waals surface area contributed by atoms with Crippen LogP contribution in [0.4, 0.5) is 5.69 Å². The number of halogens is 1. The third kappa shape index (κ3) is 2.87. The van der Waals surface area contributed by atoms with Crippen LogP contribution in [0, 0.1) is 13.8 Å². The van der Waals surface area contributed by atoms with Crippen molar-refractivity contribution in [1.29, 1.82) is 0 Å². The number of rotatable bonds is 3. The van der Waals surface area contributed by atoms with Gasteiger partial charge >= 0.3 is 0 Å². The highest BCUT2D eigenvalue weighted by molar-refractivity contribution is 9.10. The van der Waals surface area contributed by atoms with Gasteiger partial charge in [0.1, 0.15) is 11.5 Å². The van der Waals surface area contributed by atoms with Crippen LogP contribution >= 0.6 is 15.9 Å². The molecule has 5 rings (SSSR count). The zero-order valence-corrected chi connectivity index (χ0v) is 19.3. The lowest BCUT2D eigenvalue weighted by atomic mass is 9.96. The van der Waals surface area contributed by atoms with E-state index in [0.29, 0.717) is 0 Å². The molecule has 30 heavy (non-hydrogen) atoms. The Morgan fingerprint density at radius 3 is 2.57 bits per heavy atom. The van der Waals surface area contributed by atoms with Crippen LogP contribution in [0.3, 0.4) is 0 Å². The highest BCUT2D eigenvalue weighted by atomic mass is 79.9. The summed E-state index contributed by atoms with van der Waals surface area (Å²) in [5.41, 5.74) is 6.60. The quantitative estimate of drug-likeness (QED) is 0.425. The molecule has 6 nitrogen and oxygen atoms in total. The van der Waals surface area contributed by atoms with Gasteiger partial charge in [0, 0.05) is 18.1 Å². The number of imidazole rings is 1. The van der Waals surface area contributed by atoms with Crippen LogP contribution in [0.2, 0.25) is 0 Å².